The summed E-state index contributed by atoms with van der Waals surface area (Å²) in [5.74, 6) is -0.685. The molecule has 1 aromatic rings. The average molecular weight is 389 g/mol. The molecule has 1 aliphatic heterocycles. The standard InChI is InChI=1S/C22H32N2O4/c25-20-11-6-9-18(20)19-10-4-5-14-24(19)22(28)23-17(12-13-21(26)27)15-16-7-2-1-3-8-16/h1-3,7-8,17-20,25H,4-6,9-15H2,(H,23,28)(H,26,27). The number of nitrogens with one attached hydrogen (secondary N) is 1. The Balaban J connectivity index is 1.67. The number of hydrogen-bond acceptors (Lipinski definition) is 3. The molecular weight excluding hydrogens is 356 g/mol. The summed E-state index contributed by atoms with van der Waals surface area (Å²) < 4.78 is 0. The van der Waals surface area contributed by atoms with Gasteiger partial charge in [-0.25, -0.2) is 4.79 Å². The molecule has 0 spiro atoms. The van der Waals surface area contributed by atoms with Crippen LogP contribution in [0.3, 0.4) is 0 Å². The maximum absolute atomic E-state index is 13.1. The van der Waals surface area contributed by atoms with Crippen LogP contribution in [-0.4, -0.2) is 51.8 Å². The minimum atomic E-state index is -0.850. The summed E-state index contributed by atoms with van der Waals surface area (Å²) in [4.78, 5) is 26.1. The van der Waals surface area contributed by atoms with Gasteiger partial charge in [0.15, 0.2) is 0 Å². The monoisotopic (exact) mass is 388 g/mol. The third-order valence-electron chi connectivity index (χ3n) is 6.20. The van der Waals surface area contributed by atoms with Crippen LogP contribution in [0.25, 0.3) is 0 Å². The molecule has 3 N–H and O–H groups in total. The van der Waals surface area contributed by atoms with Crippen LogP contribution in [0.2, 0.25) is 0 Å². The summed E-state index contributed by atoms with van der Waals surface area (Å²) in [5.41, 5.74) is 1.08. The van der Waals surface area contributed by atoms with Gasteiger partial charge in [-0.1, -0.05) is 36.8 Å². The third kappa shape index (κ3) is 5.47. The Kier molecular flexibility index (Phi) is 7.31. The van der Waals surface area contributed by atoms with Gasteiger partial charge in [-0.15, -0.1) is 0 Å². The van der Waals surface area contributed by atoms with Crippen LogP contribution < -0.4 is 5.32 Å². The van der Waals surface area contributed by atoms with E-state index in [1.807, 2.05) is 35.2 Å². The molecule has 0 aromatic heterocycles. The van der Waals surface area contributed by atoms with Crippen LogP contribution >= 0.6 is 0 Å². The van der Waals surface area contributed by atoms with Crippen molar-refractivity contribution in [1.82, 2.24) is 10.2 Å². The fraction of sp³-hybridized carbons (Fsp3) is 0.636. The zero-order chi connectivity index (χ0) is 19.9. The Morgan fingerprint density at radius 2 is 1.89 bits per heavy atom. The summed E-state index contributed by atoms with van der Waals surface area (Å²) >= 11 is 0. The van der Waals surface area contributed by atoms with E-state index in [2.05, 4.69) is 5.32 Å². The Morgan fingerprint density at radius 1 is 1.11 bits per heavy atom. The normalized spacial score (nSPS) is 26.0. The molecule has 0 radical (unpaired) electrons. The number of likely N-dealkylation sites (tertiary alicyclic amines) is 1. The third-order valence-corrected chi connectivity index (χ3v) is 6.20. The molecule has 2 amide bonds. The number of carboxylic acids is 1. The van der Waals surface area contributed by atoms with Gasteiger partial charge < -0.3 is 20.4 Å². The lowest BCUT2D eigenvalue weighted by atomic mass is 9.88. The second-order valence-electron chi connectivity index (χ2n) is 8.19. The molecule has 1 saturated carbocycles. The molecule has 2 aliphatic rings. The molecule has 4 atom stereocenters. The molecule has 6 heteroatoms. The number of aliphatic hydroxyl groups is 1. The van der Waals surface area contributed by atoms with Gasteiger partial charge >= 0.3 is 12.0 Å². The molecule has 1 aliphatic carbocycles. The fourth-order valence-corrected chi connectivity index (χ4v) is 4.75. The lowest BCUT2D eigenvalue weighted by Gasteiger charge is -2.41. The van der Waals surface area contributed by atoms with Crippen molar-refractivity contribution in [2.75, 3.05) is 6.54 Å². The summed E-state index contributed by atoms with van der Waals surface area (Å²) in [6, 6.07) is 9.60. The van der Waals surface area contributed by atoms with Gasteiger partial charge in [0.05, 0.1) is 6.10 Å². The van der Waals surface area contributed by atoms with Gasteiger partial charge in [0.25, 0.3) is 0 Å². The topological polar surface area (TPSA) is 89.9 Å². The summed E-state index contributed by atoms with van der Waals surface area (Å²) in [6.45, 7) is 0.705. The molecular formula is C22H32N2O4. The molecule has 28 heavy (non-hydrogen) atoms. The summed E-state index contributed by atoms with van der Waals surface area (Å²) in [7, 11) is 0. The smallest absolute Gasteiger partial charge is 0.317 e. The number of aliphatic carboxylic acids is 1. The average Bonchev–Trinajstić information content (AvgIpc) is 3.12. The molecule has 154 valence electrons. The van der Waals surface area contributed by atoms with E-state index in [0.717, 1.165) is 44.1 Å². The zero-order valence-electron chi connectivity index (χ0n) is 16.4. The van der Waals surface area contributed by atoms with E-state index >= 15 is 0 Å². The summed E-state index contributed by atoms with van der Waals surface area (Å²) in [5, 5.41) is 22.5. The Labute approximate surface area is 166 Å². The van der Waals surface area contributed by atoms with Crippen LogP contribution in [0.5, 0.6) is 0 Å². The Morgan fingerprint density at radius 3 is 2.57 bits per heavy atom. The van der Waals surface area contributed by atoms with Crippen molar-refractivity contribution < 1.29 is 19.8 Å². The van der Waals surface area contributed by atoms with Gasteiger partial charge in [0, 0.05) is 31.0 Å². The van der Waals surface area contributed by atoms with E-state index < -0.39 is 5.97 Å². The zero-order valence-corrected chi connectivity index (χ0v) is 16.4. The van der Waals surface area contributed by atoms with E-state index in [-0.39, 0.29) is 36.6 Å². The molecule has 1 saturated heterocycles. The van der Waals surface area contributed by atoms with Gasteiger partial charge in [-0.05, 0) is 50.5 Å². The maximum atomic E-state index is 13.1. The van der Waals surface area contributed by atoms with E-state index in [0.29, 0.717) is 19.4 Å². The molecule has 3 rings (SSSR count). The van der Waals surface area contributed by atoms with Crippen molar-refractivity contribution in [3.8, 4) is 0 Å². The molecule has 6 nitrogen and oxygen atoms in total. The molecule has 4 unspecified atom stereocenters. The number of amides is 2. The van der Waals surface area contributed by atoms with Gasteiger partial charge in [0.1, 0.15) is 0 Å². The lowest BCUT2D eigenvalue weighted by Crippen LogP contribution is -2.54. The molecule has 1 aromatic carbocycles. The van der Waals surface area contributed by atoms with Crippen molar-refractivity contribution in [1.29, 1.82) is 0 Å². The van der Waals surface area contributed by atoms with Gasteiger partial charge in [0.2, 0.25) is 0 Å². The number of rotatable bonds is 7. The van der Waals surface area contributed by atoms with Crippen molar-refractivity contribution in [2.24, 2.45) is 5.92 Å². The van der Waals surface area contributed by atoms with Crippen LogP contribution in [0.1, 0.15) is 56.9 Å². The van der Waals surface area contributed by atoms with E-state index in [1.54, 1.807) is 0 Å². The largest absolute Gasteiger partial charge is 0.481 e. The number of carbonyl (C=O) groups is 2. The molecule has 2 fully saturated rings. The maximum Gasteiger partial charge on any atom is 0.317 e. The van der Waals surface area contributed by atoms with E-state index in [4.69, 9.17) is 5.11 Å². The minimum Gasteiger partial charge on any atom is -0.481 e. The number of urea groups is 1. The highest BCUT2D eigenvalue weighted by Crippen LogP contribution is 2.35. The van der Waals surface area contributed by atoms with Crippen LogP contribution in [-0.2, 0) is 11.2 Å². The number of nitrogens with zero attached hydrogens (tertiary/aromatic N) is 1. The number of hydrogen-bond donors (Lipinski definition) is 3. The number of carbonyl (C=O) groups excluding carboxylic acids is 1. The quantitative estimate of drug-likeness (QED) is 0.669. The highest BCUT2D eigenvalue weighted by Gasteiger charge is 2.39. The first-order chi connectivity index (χ1) is 13.5. The highest BCUT2D eigenvalue weighted by atomic mass is 16.4. The minimum absolute atomic E-state index is 0.0303. The number of benzene rings is 1. The lowest BCUT2D eigenvalue weighted by molar-refractivity contribution is -0.137. The first kappa shape index (κ1) is 20.6. The number of aliphatic hydroxyl groups excluding tert-OH is 1. The number of piperidine rings is 1. The second kappa shape index (κ2) is 9.92. The van der Waals surface area contributed by atoms with E-state index in [1.165, 1.54) is 0 Å². The number of carboxylic acid groups (broad SMARTS) is 1. The fourth-order valence-electron chi connectivity index (χ4n) is 4.75. The Hall–Kier alpha value is -2.08. The highest BCUT2D eigenvalue weighted by molar-refractivity contribution is 5.75. The molecule has 0 bridgehead atoms. The van der Waals surface area contributed by atoms with Gasteiger partial charge in [-0.2, -0.15) is 0 Å². The van der Waals surface area contributed by atoms with Crippen LogP contribution in [0.4, 0.5) is 4.79 Å². The van der Waals surface area contributed by atoms with Crippen molar-refractivity contribution >= 4 is 12.0 Å². The van der Waals surface area contributed by atoms with Crippen molar-refractivity contribution in [3.05, 3.63) is 35.9 Å². The van der Waals surface area contributed by atoms with Crippen molar-refractivity contribution in [3.63, 3.8) is 0 Å². The predicted molar refractivity (Wildman–Crippen MR) is 107 cm³/mol. The summed E-state index contributed by atoms with van der Waals surface area (Å²) in [6.07, 6.45) is 6.56. The molecule has 1 heterocycles. The predicted octanol–water partition coefficient (Wildman–Crippen LogP) is 3.19. The second-order valence-corrected chi connectivity index (χ2v) is 8.19. The van der Waals surface area contributed by atoms with Crippen LogP contribution in [0, 0.1) is 5.92 Å². The van der Waals surface area contributed by atoms with E-state index in [9.17, 15) is 14.7 Å². The SMILES string of the molecule is O=C(O)CCC(Cc1ccccc1)NC(=O)N1CCCCC1C1CCCC1O. The van der Waals surface area contributed by atoms with Crippen LogP contribution in [0.15, 0.2) is 30.3 Å². The Bertz CT molecular complexity index is 651. The van der Waals surface area contributed by atoms with Crippen molar-refractivity contribution in [2.45, 2.75) is 76.0 Å². The van der Waals surface area contributed by atoms with Gasteiger partial charge in [-0.3, -0.25) is 4.79 Å². The first-order valence-electron chi connectivity index (χ1n) is 10.6. The first-order valence-corrected chi connectivity index (χ1v) is 10.6.